The van der Waals surface area contributed by atoms with Crippen molar-refractivity contribution in [3.63, 3.8) is 0 Å². The molecule has 3 aromatic carbocycles. The fourth-order valence-corrected chi connectivity index (χ4v) is 3.50. The van der Waals surface area contributed by atoms with E-state index in [9.17, 15) is 22.8 Å². The summed E-state index contributed by atoms with van der Waals surface area (Å²) in [5.41, 5.74) is 1.50. The highest BCUT2D eigenvalue weighted by Gasteiger charge is 2.35. The maximum atomic E-state index is 12.8. The number of hydrogen-bond donors (Lipinski definition) is 1. The fraction of sp³-hybridized carbons (Fsp3) is 0.125. The van der Waals surface area contributed by atoms with Gasteiger partial charge >= 0.3 is 12.2 Å². The number of halogens is 3. The molecule has 1 aliphatic heterocycles. The lowest BCUT2D eigenvalue weighted by Crippen LogP contribution is -2.42. The van der Waals surface area contributed by atoms with Crippen LogP contribution in [0.15, 0.2) is 90.0 Å². The summed E-state index contributed by atoms with van der Waals surface area (Å²) >= 11 is 0. The third-order valence-electron chi connectivity index (χ3n) is 5.08. The molecule has 0 aromatic heterocycles. The van der Waals surface area contributed by atoms with Crippen LogP contribution >= 0.6 is 0 Å². The zero-order valence-corrected chi connectivity index (χ0v) is 16.7. The minimum atomic E-state index is -4.48. The highest BCUT2D eigenvalue weighted by atomic mass is 19.4. The van der Waals surface area contributed by atoms with Crippen molar-refractivity contribution in [2.24, 2.45) is 5.10 Å². The lowest BCUT2D eigenvalue weighted by molar-refractivity contribution is -0.137. The van der Waals surface area contributed by atoms with Crippen molar-refractivity contribution in [2.45, 2.75) is 18.5 Å². The summed E-state index contributed by atoms with van der Waals surface area (Å²) in [6.07, 6.45) is -4.45. The van der Waals surface area contributed by atoms with E-state index in [1.807, 2.05) is 60.7 Å². The zero-order chi connectivity index (χ0) is 22.7. The highest BCUT2D eigenvalue weighted by molar-refractivity contribution is 6.12. The predicted octanol–water partition coefficient (Wildman–Crippen LogP) is 5.66. The number of hydrogen-bond acceptors (Lipinski definition) is 3. The quantitative estimate of drug-likeness (QED) is 0.575. The Balaban J connectivity index is 1.63. The second-order valence-electron chi connectivity index (χ2n) is 7.23. The van der Waals surface area contributed by atoms with Crippen molar-refractivity contribution in [1.82, 2.24) is 5.01 Å². The molecule has 8 heteroatoms. The normalized spacial score (nSPS) is 16.5. The maximum Gasteiger partial charge on any atom is 0.416 e. The molecule has 1 N–H and O–H groups in total. The standard InChI is InChI=1S/C24H18F3N3O2/c25-24(26,27)18-11-13-19(14-12-18)28-23(32)30-21(31)15-20(16-7-3-1-4-8-16)22(29-30)17-9-5-2-6-10-17/h1-14,20H,15H2,(H,28,32). The summed E-state index contributed by atoms with van der Waals surface area (Å²) in [5.74, 6) is -0.843. The van der Waals surface area contributed by atoms with Crippen molar-refractivity contribution in [3.8, 4) is 0 Å². The lowest BCUT2D eigenvalue weighted by atomic mass is 9.86. The molecular formula is C24H18F3N3O2. The van der Waals surface area contributed by atoms with Gasteiger partial charge in [-0.25, -0.2) is 4.79 Å². The Kier molecular flexibility index (Phi) is 5.77. The molecule has 0 saturated carbocycles. The number of rotatable bonds is 3. The molecular weight excluding hydrogens is 419 g/mol. The van der Waals surface area contributed by atoms with Gasteiger partial charge in [0.2, 0.25) is 0 Å². The van der Waals surface area contributed by atoms with Crippen LogP contribution in [0, 0.1) is 0 Å². The third kappa shape index (κ3) is 4.54. The largest absolute Gasteiger partial charge is 0.416 e. The first kappa shape index (κ1) is 21.3. The Bertz CT molecular complexity index is 1140. The topological polar surface area (TPSA) is 61.8 Å². The van der Waals surface area contributed by atoms with E-state index in [0.29, 0.717) is 5.71 Å². The van der Waals surface area contributed by atoms with Crippen molar-refractivity contribution in [1.29, 1.82) is 0 Å². The number of hydrazone groups is 1. The second-order valence-corrected chi connectivity index (χ2v) is 7.23. The first-order chi connectivity index (χ1) is 15.3. The van der Waals surface area contributed by atoms with E-state index in [-0.39, 0.29) is 18.0 Å². The molecule has 0 saturated heterocycles. The Hall–Kier alpha value is -3.94. The number of carbonyl (C=O) groups is 2. The van der Waals surface area contributed by atoms with Gasteiger partial charge in [-0.1, -0.05) is 60.7 Å². The van der Waals surface area contributed by atoms with Gasteiger partial charge in [0.15, 0.2) is 0 Å². The van der Waals surface area contributed by atoms with Gasteiger partial charge < -0.3 is 5.32 Å². The number of nitrogens with zero attached hydrogens (tertiary/aromatic N) is 2. The number of alkyl halides is 3. The number of anilines is 1. The third-order valence-corrected chi connectivity index (χ3v) is 5.08. The Morgan fingerprint density at radius 1 is 0.906 bits per heavy atom. The summed E-state index contributed by atoms with van der Waals surface area (Å²) in [6.45, 7) is 0. The van der Waals surface area contributed by atoms with Crippen LogP contribution in [0.2, 0.25) is 0 Å². The molecule has 0 aliphatic carbocycles. The monoisotopic (exact) mass is 437 g/mol. The predicted molar refractivity (Wildman–Crippen MR) is 114 cm³/mol. The van der Waals surface area contributed by atoms with Crippen LogP contribution in [0.4, 0.5) is 23.7 Å². The van der Waals surface area contributed by atoms with Crippen LogP contribution in [0.25, 0.3) is 0 Å². The number of carbonyl (C=O) groups excluding carboxylic acids is 2. The summed E-state index contributed by atoms with van der Waals surface area (Å²) in [7, 11) is 0. The summed E-state index contributed by atoms with van der Waals surface area (Å²) in [6, 6.07) is 21.7. The van der Waals surface area contributed by atoms with Crippen molar-refractivity contribution < 1.29 is 22.8 Å². The maximum absolute atomic E-state index is 12.8. The van der Waals surface area contributed by atoms with Gasteiger partial charge in [-0.2, -0.15) is 18.3 Å². The molecule has 32 heavy (non-hydrogen) atoms. The number of benzene rings is 3. The number of urea groups is 1. The van der Waals surface area contributed by atoms with Gasteiger partial charge in [-0.15, -0.1) is 5.01 Å². The molecule has 0 fully saturated rings. The van der Waals surface area contributed by atoms with Crippen LogP contribution in [0.5, 0.6) is 0 Å². The van der Waals surface area contributed by atoms with E-state index in [4.69, 9.17) is 0 Å². The van der Waals surface area contributed by atoms with E-state index in [2.05, 4.69) is 10.4 Å². The summed E-state index contributed by atoms with van der Waals surface area (Å²) in [5, 5.41) is 7.53. The molecule has 3 amide bonds. The SMILES string of the molecule is O=C1CC(c2ccccc2)C(c2ccccc2)=NN1C(=O)Nc1ccc(C(F)(F)F)cc1. The van der Waals surface area contributed by atoms with Crippen LogP contribution in [-0.4, -0.2) is 22.7 Å². The fourth-order valence-electron chi connectivity index (χ4n) is 3.50. The van der Waals surface area contributed by atoms with Gasteiger partial charge in [0, 0.05) is 18.0 Å². The zero-order valence-electron chi connectivity index (χ0n) is 16.7. The molecule has 0 spiro atoms. The van der Waals surface area contributed by atoms with Gasteiger partial charge in [0.05, 0.1) is 11.3 Å². The van der Waals surface area contributed by atoms with E-state index in [0.717, 1.165) is 40.4 Å². The number of nitrogens with one attached hydrogen (secondary N) is 1. The van der Waals surface area contributed by atoms with Crippen LogP contribution in [0.3, 0.4) is 0 Å². The summed E-state index contributed by atoms with van der Waals surface area (Å²) in [4.78, 5) is 25.5. The van der Waals surface area contributed by atoms with Gasteiger partial charge in [0.25, 0.3) is 5.91 Å². The molecule has 0 radical (unpaired) electrons. The smallest absolute Gasteiger partial charge is 0.306 e. The van der Waals surface area contributed by atoms with E-state index in [1.54, 1.807) is 0 Å². The molecule has 162 valence electrons. The molecule has 4 rings (SSSR count). The van der Waals surface area contributed by atoms with Crippen molar-refractivity contribution in [3.05, 3.63) is 102 Å². The summed E-state index contributed by atoms with van der Waals surface area (Å²) < 4.78 is 38.2. The molecule has 1 unspecified atom stereocenters. The minimum Gasteiger partial charge on any atom is -0.306 e. The second kappa shape index (κ2) is 8.66. The average Bonchev–Trinajstić information content (AvgIpc) is 2.79. The van der Waals surface area contributed by atoms with Crippen LogP contribution < -0.4 is 5.32 Å². The van der Waals surface area contributed by atoms with Gasteiger partial charge in [0.1, 0.15) is 0 Å². The molecule has 1 heterocycles. The first-order valence-electron chi connectivity index (χ1n) is 9.83. The number of amides is 3. The van der Waals surface area contributed by atoms with Gasteiger partial charge in [-0.3, -0.25) is 4.79 Å². The van der Waals surface area contributed by atoms with Gasteiger partial charge in [-0.05, 0) is 35.4 Å². The Labute approximate surface area is 182 Å². The Morgan fingerprint density at radius 2 is 1.50 bits per heavy atom. The average molecular weight is 437 g/mol. The van der Waals surface area contributed by atoms with E-state index >= 15 is 0 Å². The lowest BCUT2D eigenvalue weighted by Gasteiger charge is -2.29. The van der Waals surface area contributed by atoms with E-state index < -0.39 is 23.7 Å². The molecule has 3 aromatic rings. The van der Waals surface area contributed by atoms with E-state index in [1.165, 1.54) is 0 Å². The molecule has 0 bridgehead atoms. The van der Waals surface area contributed by atoms with Crippen LogP contribution in [0.1, 0.15) is 29.0 Å². The molecule has 1 atom stereocenters. The van der Waals surface area contributed by atoms with Crippen molar-refractivity contribution >= 4 is 23.3 Å². The van der Waals surface area contributed by atoms with Crippen molar-refractivity contribution in [2.75, 3.05) is 5.32 Å². The first-order valence-corrected chi connectivity index (χ1v) is 9.83. The van der Waals surface area contributed by atoms with Crippen LogP contribution in [-0.2, 0) is 11.0 Å². The highest BCUT2D eigenvalue weighted by Crippen LogP contribution is 2.31. The molecule has 5 nitrogen and oxygen atoms in total. The number of imide groups is 1. The minimum absolute atomic E-state index is 0.0260. The molecule has 1 aliphatic rings. The Morgan fingerprint density at radius 3 is 2.09 bits per heavy atom.